The Bertz CT molecular complexity index is 499. The third-order valence-electron chi connectivity index (χ3n) is 2.94. The predicted octanol–water partition coefficient (Wildman–Crippen LogP) is 2.96. The fourth-order valence-electron chi connectivity index (χ4n) is 2.00. The average molecular weight is 271 g/mol. The second-order valence-corrected chi connectivity index (χ2v) is 4.52. The van der Waals surface area contributed by atoms with Crippen molar-refractivity contribution in [3.8, 4) is 5.75 Å². The van der Waals surface area contributed by atoms with Crippen molar-refractivity contribution in [1.82, 2.24) is 15.3 Å². The molecule has 0 saturated heterocycles. The summed E-state index contributed by atoms with van der Waals surface area (Å²) in [5, 5.41) is 3.41. The first-order valence-corrected chi connectivity index (χ1v) is 7.08. The number of nitrogens with zero attached hydrogens (tertiary/aromatic N) is 2. The molecule has 0 saturated carbocycles. The molecule has 1 unspecified atom stereocenters. The van der Waals surface area contributed by atoms with E-state index < -0.39 is 0 Å². The Morgan fingerprint density at radius 1 is 1.10 bits per heavy atom. The van der Waals surface area contributed by atoms with Crippen LogP contribution < -0.4 is 10.1 Å². The van der Waals surface area contributed by atoms with Crippen LogP contribution in [0.1, 0.15) is 37.7 Å². The summed E-state index contributed by atoms with van der Waals surface area (Å²) in [7, 11) is 0. The Labute approximate surface area is 120 Å². The van der Waals surface area contributed by atoms with Crippen molar-refractivity contribution in [2.24, 2.45) is 0 Å². The van der Waals surface area contributed by atoms with Gasteiger partial charge in [0, 0.05) is 12.4 Å². The lowest BCUT2D eigenvalue weighted by molar-refractivity contribution is 0.317. The van der Waals surface area contributed by atoms with Gasteiger partial charge in [0.2, 0.25) is 0 Å². The zero-order chi connectivity index (χ0) is 14.2. The third kappa shape index (κ3) is 3.78. The zero-order valence-corrected chi connectivity index (χ0v) is 12.0. The number of benzene rings is 1. The van der Waals surface area contributed by atoms with E-state index in [-0.39, 0.29) is 6.04 Å². The first-order chi connectivity index (χ1) is 9.85. The van der Waals surface area contributed by atoms with Crippen LogP contribution in [0.25, 0.3) is 0 Å². The van der Waals surface area contributed by atoms with Gasteiger partial charge in [-0.25, -0.2) is 9.97 Å². The van der Waals surface area contributed by atoms with Gasteiger partial charge in [0.15, 0.2) is 0 Å². The average Bonchev–Trinajstić information content (AvgIpc) is 2.52. The van der Waals surface area contributed by atoms with E-state index >= 15 is 0 Å². The van der Waals surface area contributed by atoms with E-state index in [1.165, 1.54) is 0 Å². The summed E-state index contributed by atoms with van der Waals surface area (Å²) in [6, 6.07) is 9.97. The van der Waals surface area contributed by atoms with E-state index in [0.717, 1.165) is 36.7 Å². The molecule has 1 aromatic carbocycles. The lowest BCUT2D eigenvalue weighted by Crippen LogP contribution is -2.23. The maximum atomic E-state index is 5.60. The zero-order valence-electron chi connectivity index (χ0n) is 12.0. The summed E-state index contributed by atoms with van der Waals surface area (Å²) >= 11 is 0. The lowest BCUT2D eigenvalue weighted by Gasteiger charge is -2.17. The van der Waals surface area contributed by atoms with Crippen molar-refractivity contribution in [3.05, 3.63) is 54.1 Å². The smallest absolute Gasteiger partial charge is 0.149 e. The van der Waals surface area contributed by atoms with Crippen LogP contribution in [0.2, 0.25) is 0 Å². The van der Waals surface area contributed by atoms with Crippen molar-refractivity contribution < 1.29 is 4.74 Å². The molecule has 20 heavy (non-hydrogen) atoms. The summed E-state index contributed by atoms with van der Waals surface area (Å²) in [5.74, 6) is 1.69. The first kappa shape index (κ1) is 14.5. The monoisotopic (exact) mass is 271 g/mol. The minimum Gasteiger partial charge on any atom is -0.494 e. The summed E-state index contributed by atoms with van der Waals surface area (Å²) in [6.45, 7) is 5.78. The molecule has 0 aliphatic heterocycles. The van der Waals surface area contributed by atoms with Crippen molar-refractivity contribution in [2.45, 2.75) is 26.3 Å². The fourth-order valence-corrected chi connectivity index (χ4v) is 2.00. The topological polar surface area (TPSA) is 47.0 Å². The fraction of sp³-hybridized carbons (Fsp3) is 0.375. The van der Waals surface area contributed by atoms with E-state index in [0.29, 0.717) is 0 Å². The Morgan fingerprint density at radius 3 is 2.40 bits per heavy atom. The van der Waals surface area contributed by atoms with Gasteiger partial charge in [0.1, 0.15) is 11.6 Å². The number of aromatic nitrogens is 2. The van der Waals surface area contributed by atoms with Crippen LogP contribution in [0.3, 0.4) is 0 Å². The van der Waals surface area contributed by atoms with Crippen LogP contribution in [0.15, 0.2) is 42.7 Å². The van der Waals surface area contributed by atoms with Gasteiger partial charge in [0.05, 0.1) is 12.6 Å². The molecule has 0 aliphatic rings. The van der Waals surface area contributed by atoms with Crippen LogP contribution in [0.4, 0.5) is 0 Å². The molecule has 1 heterocycles. The van der Waals surface area contributed by atoms with E-state index in [2.05, 4.69) is 41.3 Å². The van der Waals surface area contributed by atoms with Gasteiger partial charge in [-0.05, 0) is 36.7 Å². The Morgan fingerprint density at radius 2 is 1.80 bits per heavy atom. The maximum absolute atomic E-state index is 5.60. The van der Waals surface area contributed by atoms with Crippen LogP contribution in [0, 0.1) is 0 Å². The molecule has 4 heteroatoms. The van der Waals surface area contributed by atoms with Crippen molar-refractivity contribution in [2.75, 3.05) is 13.2 Å². The molecule has 2 rings (SSSR count). The highest BCUT2D eigenvalue weighted by Crippen LogP contribution is 2.21. The van der Waals surface area contributed by atoms with E-state index in [1.54, 1.807) is 12.4 Å². The number of hydrogen-bond donors (Lipinski definition) is 1. The quantitative estimate of drug-likeness (QED) is 0.841. The maximum Gasteiger partial charge on any atom is 0.149 e. The molecule has 4 nitrogen and oxygen atoms in total. The predicted molar refractivity (Wildman–Crippen MR) is 79.8 cm³/mol. The molecule has 1 N–H and O–H groups in total. The molecule has 0 amide bonds. The summed E-state index contributed by atoms with van der Waals surface area (Å²) in [6.07, 6.45) is 4.55. The van der Waals surface area contributed by atoms with Gasteiger partial charge in [-0.2, -0.15) is 0 Å². The standard InChI is InChI=1S/C16H21N3O/c1-3-12-20-14-8-6-13(7-9-14)15(17-4-2)16-18-10-5-11-19-16/h5-11,15,17H,3-4,12H2,1-2H3. The van der Waals surface area contributed by atoms with E-state index in [4.69, 9.17) is 4.74 Å². The molecule has 0 spiro atoms. The number of ether oxygens (including phenoxy) is 1. The molecular weight excluding hydrogens is 250 g/mol. The van der Waals surface area contributed by atoms with Gasteiger partial charge in [-0.15, -0.1) is 0 Å². The van der Waals surface area contributed by atoms with E-state index in [9.17, 15) is 0 Å². The summed E-state index contributed by atoms with van der Waals surface area (Å²) in [4.78, 5) is 8.68. The van der Waals surface area contributed by atoms with E-state index in [1.807, 2.05) is 18.2 Å². The molecule has 0 bridgehead atoms. The van der Waals surface area contributed by atoms with Crippen LogP contribution in [0.5, 0.6) is 5.75 Å². The molecule has 0 fully saturated rings. The molecule has 1 aromatic heterocycles. The van der Waals surface area contributed by atoms with Crippen LogP contribution in [-0.4, -0.2) is 23.1 Å². The molecule has 2 aromatic rings. The SMILES string of the molecule is CCCOc1ccc(C(NCC)c2ncccn2)cc1. The van der Waals surface area contributed by atoms with Crippen molar-refractivity contribution in [3.63, 3.8) is 0 Å². The normalized spacial score (nSPS) is 12.1. The van der Waals surface area contributed by atoms with Crippen LogP contribution >= 0.6 is 0 Å². The van der Waals surface area contributed by atoms with Gasteiger partial charge >= 0.3 is 0 Å². The molecule has 0 radical (unpaired) electrons. The van der Waals surface area contributed by atoms with Crippen molar-refractivity contribution >= 4 is 0 Å². The Kier molecular flexibility index (Phi) is 5.50. The Hall–Kier alpha value is -1.94. The first-order valence-electron chi connectivity index (χ1n) is 7.08. The molecule has 1 atom stereocenters. The number of hydrogen-bond acceptors (Lipinski definition) is 4. The number of nitrogens with one attached hydrogen (secondary N) is 1. The Balaban J connectivity index is 2.17. The molecule has 0 aliphatic carbocycles. The molecular formula is C16H21N3O. The van der Waals surface area contributed by atoms with Crippen LogP contribution in [-0.2, 0) is 0 Å². The summed E-state index contributed by atoms with van der Waals surface area (Å²) in [5.41, 5.74) is 1.14. The molecule has 106 valence electrons. The number of rotatable bonds is 7. The summed E-state index contributed by atoms with van der Waals surface area (Å²) < 4.78 is 5.60. The third-order valence-corrected chi connectivity index (χ3v) is 2.94. The second kappa shape index (κ2) is 7.60. The minimum absolute atomic E-state index is 0.0152. The van der Waals surface area contributed by atoms with Gasteiger partial charge in [0.25, 0.3) is 0 Å². The highest BCUT2D eigenvalue weighted by atomic mass is 16.5. The van der Waals surface area contributed by atoms with Crippen molar-refractivity contribution in [1.29, 1.82) is 0 Å². The largest absolute Gasteiger partial charge is 0.494 e. The van der Waals surface area contributed by atoms with Gasteiger partial charge in [-0.3, -0.25) is 0 Å². The lowest BCUT2D eigenvalue weighted by atomic mass is 10.1. The highest BCUT2D eigenvalue weighted by Gasteiger charge is 2.15. The second-order valence-electron chi connectivity index (χ2n) is 4.52. The minimum atomic E-state index is 0.0152. The van der Waals surface area contributed by atoms with Gasteiger partial charge in [-0.1, -0.05) is 26.0 Å². The highest BCUT2D eigenvalue weighted by molar-refractivity contribution is 5.31. The van der Waals surface area contributed by atoms with Gasteiger partial charge < -0.3 is 10.1 Å².